The second-order valence-corrected chi connectivity index (χ2v) is 6.33. The van der Waals surface area contributed by atoms with Crippen LogP contribution in [0.25, 0.3) is 0 Å². The van der Waals surface area contributed by atoms with Crippen molar-refractivity contribution in [1.82, 2.24) is 4.90 Å². The van der Waals surface area contributed by atoms with Gasteiger partial charge in [0.05, 0.1) is 12.5 Å². The van der Waals surface area contributed by atoms with E-state index in [1.165, 1.54) is 0 Å². The van der Waals surface area contributed by atoms with Gasteiger partial charge in [0, 0.05) is 11.3 Å². The standard InChI is InChI=1S/C11H19NO2S/c1-5-6-12(8-15-11(2,3)4)10(13)9-7-14-9/h5,9H,1,6-8H2,2-4H3/t9-/m1/s1. The van der Waals surface area contributed by atoms with Crippen LogP contribution < -0.4 is 0 Å². The molecule has 1 saturated heterocycles. The van der Waals surface area contributed by atoms with Crippen molar-refractivity contribution in [2.75, 3.05) is 19.0 Å². The predicted octanol–water partition coefficient (Wildman–Crippen LogP) is 1.89. The average Bonchev–Trinajstić information content (AvgIpc) is 2.92. The third-order valence-electron chi connectivity index (χ3n) is 1.92. The van der Waals surface area contributed by atoms with Gasteiger partial charge < -0.3 is 9.64 Å². The molecule has 86 valence electrons. The number of rotatable bonds is 5. The molecule has 4 heteroatoms. The van der Waals surface area contributed by atoms with E-state index in [4.69, 9.17) is 4.74 Å². The third kappa shape index (κ3) is 4.71. The van der Waals surface area contributed by atoms with Crippen LogP contribution in [0.2, 0.25) is 0 Å². The summed E-state index contributed by atoms with van der Waals surface area (Å²) < 4.78 is 5.17. The molecule has 0 N–H and O–H groups in total. The lowest BCUT2D eigenvalue weighted by Crippen LogP contribution is -2.35. The van der Waals surface area contributed by atoms with Gasteiger partial charge in [0.25, 0.3) is 5.91 Å². The van der Waals surface area contributed by atoms with Gasteiger partial charge in [-0.1, -0.05) is 26.8 Å². The van der Waals surface area contributed by atoms with Gasteiger partial charge in [0.1, 0.15) is 0 Å². The fourth-order valence-corrected chi connectivity index (χ4v) is 1.80. The summed E-state index contributed by atoms with van der Waals surface area (Å²) in [5, 5.41) is 0. The lowest BCUT2D eigenvalue weighted by atomic mass is 10.3. The number of thioether (sulfide) groups is 1. The van der Waals surface area contributed by atoms with Gasteiger partial charge in [0.2, 0.25) is 0 Å². The van der Waals surface area contributed by atoms with Crippen molar-refractivity contribution >= 4 is 17.7 Å². The fraction of sp³-hybridized carbons (Fsp3) is 0.727. The molecule has 0 unspecified atom stereocenters. The van der Waals surface area contributed by atoms with Crippen LogP contribution in [0, 0.1) is 0 Å². The van der Waals surface area contributed by atoms with Crippen LogP contribution in [0.1, 0.15) is 20.8 Å². The Morgan fingerprint density at radius 1 is 1.67 bits per heavy atom. The van der Waals surface area contributed by atoms with E-state index in [0.717, 1.165) is 0 Å². The second kappa shape index (κ2) is 5.03. The zero-order chi connectivity index (χ0) is 11.5. The number of amides is 1. The normalized spacial score (nSPS) is 19.8. The molecule has 1 atom stereocenters. The summed E-state index contributed by atoms with van der Waals surface area (Å²) in [6, 6.07) is 0. The zero-order valence-corrected chi connectivity index (χ0v) is 10.5. The highest BCUT2D eigenvalue weighted by Crippen LogP contribution is 2.25. The molecule has 0 aromatic carbocycles. The predicted molar refractivity (Wildman–Crippen MR) is 63.9 cm³/mol. The van der Waals surface area contributed by atoms with Crippen molar-refractivity contribution in [2.24, 2.45) is 0 Å². The van der Waals surface area contributed by atoms with Crippen LogP contribution in [-0.2, 0) is 9.53 Å². The van der Waals surface area contributed by atoms with Gasteiger partial charge in [0.15, 0.2) is 6.10 Å². The summed E-state index contributed by atoms with van der Waals surface area (Å²) >= 11 is 1.76. The Hall–Kier alpha value is -0.480. The van der Waals surface area contributed by atoms with Gasteiger partial charge in [-0.2, -0.15) is 0 Å². The quantitative estimate of drug-likeness (QED) is 0.410. The van der Waals surface area contributed by atoms with Crippen molar-refractivity contribution in [1.29, 1.82) is 0 Å². The maximum absolute atomic E-state index is 11.8. The van der Waals surface area contributed by atoms with Gasteiger partial charge in [-0.25, -0.2) is 0 Å². The molecule has 0 radical (unpaired) electrons. The molecule has 0 aliphatic carbocycles. The molecule has 1 amide bonds. The van der Waals surface area contributed by atoms with Crippen LogP contribution >= 0.6 is 11.8 Å². The van der Waals surface area contributed by atoms with E-state index in [2.05, 4.69) is 27.4 Å². The SMILES string of the molecule is C=CCN(CSC(C)(C)C)C(=O)[C@H]1CO1. The van der Waals surface area contributed by atoms with E-state index in [1.54, 1.807) is 22.7 Å². The van der Waals surface area contributed by atoms with Crippen LogP contribution in [0.15, 0.2) is 12.7 Å². The maximum Gasteiger partial charge on any atom is 0.255 e. The average molecular weight is 229 g/mol. The molecule has 0 bridgehead atoms. The van der Waals surface area contributed by atoms with Crippen LogP contribution in [0.3, 0.4) is 0 Å². The lowest BCUT2D eigenvalue weighted by molar-refractivity contribution is -0.131. The number of nitrogens with zero attached hydrogens (tertiary/aromatic N) is 1. The van der Waals surface area contributed by atoms with Crippen molar-refractivity contribution in [3.05, 3.63) is 12.7 Å². The molecular weight excluding hydrogens is 210 g/mol. The molecule has 0 aromatic rings. The highest BCUT2D eigenvalue weighted by atomic mass is 32.2. The minimum absolute atomic E-state index is 0.0895. The Balaban J connectivity index is 2.42. The smallest absolute Gasteiger partial charge is 0.255 e. The molecule has 0 aromatic heterocycles. The first kappa shape index (κ1) is 12.6. The van der Waals surface area contributed by atoms with Gasteiger partial charge in [-0.05, 0) is 0 Å². The molecule has 15 heavy (non-hydrogen) atoms. The summed E-state index contributed by atoms with van der Waals surface area (Å²) in [5.74, 6) is 0.792. The van der Waals surface area contributed by atoms with Crippen molar-refractivity contribution in [2.45, 2.75) is 31.6 Å². The lowest BCUT2D eigenvalue weighted by Gasteiger charge is -2.25. The largest absolute Gasteiger partial charge is 0.363 e. The van der Waals surface area contributed by atoms with Gasteiger partial charge in [-0.3, -0.25) is 4.79 Å². The molecule has 1 rings (SSSR count). The number of epoxide rings is 1. The Morgan fingerprint density at radius 3 is 2.67 bits per heavy atom. The minimum Gasteiger partial charge on any atom is -0.363 e. The number of carbonyl (C=O) groups excluding carboxylic acids is 1. The molecule has 1 fully saturated rings. The molecular formula is C11H19NO2S. The summed E-state index contributed by atoms with van der Waals surface area (Å²) in [4.78, 5) is 13.5. The summed E-state index contributed by atoms with van der Waals surface area (Å²) in [6.45, 7) is 11.3. The summed E-state index contributed by atoms with van der Waals surface area (Å²) in [6.07, 6.45) is 1.56. The van der Waals surface area contributed by atoms with Crippen LogP contribution in [0.4, 0.5) is 0 Å². The first-order chi connectivity index (χ1) is 6.94. The second-order valence-electron chi connectivity index (χ2n) is 4.56. The maximum atomic E-state index is 11.8. The highest BCUT2D eigenvalue weighted by Gasteiger charge is 2.34. The van der Waals surface area contributed by atoms with Crippen LogP contribution in [0.5, 0.6) is 0 Å². The van der Waals surface area contributed by atoms with E-state index in [1.807, 2.05) is 0 Å². The van der Waals surface area contributed by atoms with Crippen LogP contribution in [-0.4, -0.2) is 40.7 Å². The monoisotopic (exact) mass is 229 g/mol. The van der Waals surface area contributed by atoms with E-state index in [0.29, 0.717) is 19.0 Å². The fourth-order valence-electron chi connectivity index (χ4n) is 1.03. The number of hydrogen-bond acceptors (Lipinski definition) is 3. The number of carbonyl (C=O) groups is 1. The van der Waals surface area contributed by atoms with E-state index < -0.39 is 0 Å². The van der Waals surface area contributed by atoms with Gasteiger partial charge >= 0.3 is 0 Å². The van der Waals surface area contributed by atoms with E-state index in [-0.39, 0.29) is 16.8 Å². The Kier molecular flexibility index (Phi) is 4.22. The molecule has 0 spiro atoms. The Bertz CT molecular complexity index is 243. The van der Waals surface area contributed by atoms with E-state index >= 15 is 0 Å². The summed E-state index contributed by atoms with van der Waals surface area (Å²) in [5.41, 5.74) is 0. The Morgan fingerprint density at radius 2 is 2.27 bits per heavy atom. The first-order valence-electron chi connectivity index (χ1n) is 5.09. The van der Waals surface area contributed by atoms with Crippen molar-refractivity contribution in [3.8, 4) is 0 Å². The van der Waals surface area contributed by atoms with Crippen molar-refractivity contribution < 1.29 is 9.53 Å². The zero-order valence-electron chi connectivity index (χ0n) is 9.66. The van der Waals surface area contributed by atoms with Crippen molar-refractivity contribution in [3.63, 3.8) is 0 Å². The molecule has 1 aliphatic heterocycles. The highest BCUT2D eigenvalue weighted by molar-refractivity contribution is 8.00. The number of ether oxygens (including phenoxy) is 1. The molecule has 1 heterocycles. The molecule has 1 aliphatic rings. The molecule has 3 nitrogen and oxygen atoms in total. The Labute approximate surface area is 95.9 Å². The molecule has 0 saturated carbocycles. The van der Waals surface area contributed by atoms with E-state index in [9.17, 15) is 4.79 Å². The topological polar surface area (TPSA) is 32.8 Å². The minimum atomic E-state index is -0.189. The summed E-state index contributed by atoms with van der Waals surface area (Å²) in [7, 11) is 0. The third-order valence-corrected chi connectivity index (χ3v) is 3.23. The van der Waals surface area contributed by atoms with Gasteiger partial charge in [-0.15, -0.1) is 18.3 Å². The number of hydrogen-bond donors (Lipinski definition) is 0. The first-order valence-corrected chi connectivity index (χ1v) is 6.08.